The Hall–Kier alpha value is -2.01. The second-order valence-corrected chi connectivity index (χ2v) is 8.43. The summed E-state index contributed by atoms with van der Waals surface area (Å²) >= 11 is 12.1. The van der Waals surface area contributed by atoms with E-state index in [2.05, 4.69) is 20.9 Å². The van der Waals surface area contributed by atoms with Crippen molar-refractivity contribution >= 4 is 23.2 Å². The van der Waals surface area contributed by atoms with Gasteiger partial charge in [0.15, 0.2) is 0 Å². The molecule has 6 heteroatoms. The van der Waals surface area contributed by atoms with Gasteiger partial charge in [0.05, 0.1) is 15.7 Å². The van der Waals surface area contributed by atoms with Crippen molar-refractivity contribution in [3.63, 3.8) is 0 Å². The van der Waals surface area contributed by atoms with E-state index < -0.39 is 0 Å². The van der Waals surface area contributed by atoms with Crippen LogP contribution in [0.25, 0.3) is 11.3 Å². The number of nitrogens with zero attached hydrogens (tertiary/aromatic N) is 4. The first-order chi connectivity index (χ1) is 13.7. The first kappa shape index (κ1) is 18.0. The molecule has 0 atom stereocenters. The fourth-order valence-corrected chi connectivity index (χ4v) is 3.96. The number of hydrogen-bond acceptors (Lipinski definition) is 4. The fourth-order valence-electron chi connectivity index (χ4n) is 3.67. The lowest BCUT2D eigenvalue weighted by Gasteiger charge is -2.28. The molecule has 0 radical (unpaired) electrons. The molecular weight excluding hydrogens is 391 g/mol. The van der Waals surface area contributed by atoms with Gasteiger partial charge in [-0.05, 0) is 36.6 Å². The van der Waals surface area contributed by atoms with Gasteiger partial charge in [0.25, 0.3) is 0 Å². The van der Waals surface area contributed by atoms with Gasteiger partial charge in [-0.25, -0.2) is 9.97 Å². The van der Waals surface area contributed by atoms with E-state index in [-0.39, 0.29) is 0 Å². The van der Waals surface area contributed by atoms with E-state index in [1.54, 1.807) is 6.07 Å². The van der Waals surface area contributed by atoms with Gasteiger partial charge in [0.2, 0.25) is 0 Å². The van der Waals surface area contributed by atoms with Crippen LogP contribution in [-0.4, -0.2) is 26.4 Å². The van der Waals surface area contributed by atoms with Crippen LogP contribution in [0.5, 0.6) is 0 Å². The van der Waals surface area contributed by atoms with E-state index >= 15 is 0 Å². The van der Waals surface area contributed by atoms with Crippen LogP contribution >= 0.6 is 23.2 Å². The van der Waals surface area contributed by atoms with Crippen molar-refractivity contribution < 1.29 is 0 Å². The number of fused-ring (bicyclic) bond motifs is 1. The summed E-state index contributed by atoms with van der Waals surface area (Å²) < 4.78 is 0. The number of pyridine rings is 1. The zero-order valence-electron chi connectivity index (χ0n) is 15.4. The molecule has 0 unspecified atom stereocenters. The predicted molar refractivity (Wildman–Crippen MR) is 112 cm³/mol. The highest BCUT2D eigenvalue weighted by atomic mass is 35.5. The van der Waals surface area contributed by atoms with Gasteiger partial charge in [-0.2, -0.15) is 0 Å². The van der Waals surface area contributed by atoms with Crippen LogP contribution in [0.15, 0.2) is 42.7 Å². The molecule has 1 aromatic carbocycles. The minimum Gasteiger partial charge on any atom is -0.294 e. The topological polar surface area (TPSA) is 41.9 Å². The molecule has 4 nitrogen and oxygen atoms in total. The molecule has 142 valence electrons. The molecule has 3 aromatic rings. The van der Waals surface area contributed by atoms with Crippen molar-refractivity contribution in [1.29, 1.82) is 0 Å². The third kappa shape index (κ3) is 3.77. The van der Waals surface area contributed by atoms with Crippen molar-refractivity contribution in [2.45, 2.75) is 38.3 Å². The Bertz CT molecular complexity index is 1020. The average molecular weight is 411 g/mol. The van der Waals surface area contributed by atoms with Crippen molar-refractivity contribution in [2.24, 2.45) is 0 Å². The highest BCUT2D eigenvalue weighted by molar-refractivity contribution is 6.42. The quantitative estimate of drug-likeness (QED) is 0.586. The summed E-state index contributed by atoms with van der Waals surface area (Å²) in [4.78, 5) is 16.4. The number of hydrogen-bond donors (Lipinski definition) is 0. The van der Waals surface area contributed by atoms with Gasteiger partial charge in [0, 0.05) is 61.2 Å². The Kier molecular flexibility index (Phi) is 4.79. The molecule has 0 spiro atoms. The Morgan fingerprint density at radius 3 is 2.64 bits per heavy atom. The van der Waals surface area contributed by atoms with E-state index in [4.69, 9.17) is 28.2 Å². The van der Waals surface area contributed by atoms with E-state index in [0.717, 1.165) is 43.1 Å². The molecule has 3 heterocycles. The van der Waals surface area contributed by atoms with Gasteiger partial charge >= 0.3 is 0 Å². The monoisotopic (exact) mass is 410 g/mol. The van der Waals surface area contributed by atoms with Crippen LogP contribution in [0, 0.1) is 0 Å². The first-order valence-electron chi connectivity index (χ1n) is 9.63. The van der Waals surface area contributed by atoms with Crippen LogP contribution < -0.4 is 0 Å². The van der Waals surface area contributed by atoms with E-state index in [0.29, 0.717) is 16.0 Å². The Morgan fingerprint density at radius 2 is 1.89 bits per heavy atom. The summed E-state index contributed by atoms with van der Waals surface area (Å²) in [5.74, 6) is 1.66. The molecule has 5 rings (SSSR count). The second kappa shape index (κ2) is 7.43. The molecule has 1 aliphatic heterocycles. The minimum absolute atomic E-state index is 0.545. The molecule has 1 fully saturated rings. The van der Waals surface area contributed by atoms with Crippen molar-refractivity contribution in [1.82, 2.24) is 19.9 Å². The maximum Gasteiger partial charge on any atom is 0.131 e. The molecule has 28 heavy (non-hydrogen) atoms. The molecule has 0 saturated heterocycles. The first-order valence-corrected chi connectivity index (χ1v) is 10.4. The lowest BCUT2D eigenvalue weighted by Crippen LogP contribution is -2.31. The van der Waals surface area contributed by atoms with Gasteiger partial charge in [-0.3, -0.25) is 9.88 Å². The SMILES string of the molecule is Clc1ccc(-c2ccc(CN3CCc4nc(C5CC5)ncc4C3)cn2)cc1Cl. The Balaban J connectivity index is 1.27. The maximum absolute atomic E-state index is 6.12. The van der Waals surface area contributed by atoms with Crippen LogP contribution in [0.4, 0.5) is 0 Å². The van der Waals surface area contributed by atoms with Gasteiger partial charge in [0.1, 0.15) is 5.82 Å². The lowest BCUT2D eigenvalue weighted by molar-refractivity contribution is 0.242. The molecule has 2 aliphatic rings. The van der Waals surface area contributed by atoms with Crippen molar-refractivity contribution in [3.8, 4) is 11.3 Å². The van der Waals surface area contributed by atoms with E-state index in [1.165, 1.54) is 29.7 Å². The van der Waals surface area contributed by atoms with E-state index in [9.17, 15) is 0 Å². The summed E-state index contributed by atoms with van der Waals surface area (Å²) in [5.41, 5.74) is 5.56. The van der Waals surface area contributed by atoms with Crippen LogP contribution in [0.1, 0.15) is 41.4 Å². The highest BCUT2D eigenvalue weighted by Gasteiger charge is 2.28. The molecule has 1 saturated carbocycles. The number of benzene rings is 1. The summed E-state index contributed by atoms with van der Waals surface area (Å²) in [6.07, 6.45) is 7.46. The fraction of sp³-hybridized carbons (Fsp3) is 0.318. The Morgan fingerprint density at radius 1 is 1.00 bits per heavy atom. The maximum atomic E-state index is 6.12. The summed E-state index contributed by atoms with van der Waals surface area (Å²) in [6.45, 7) is 2.79. The van der Waals surface area contributed by atoms with E-state index in [1.807, 2.05) is 30.6 Å². The van der Waals surface area contributed by atoms with Gasteiger partial charge in [-0.15, -0.1) is 0 Å². The number of rotatable bonds is 4. The molecule has 2 aromatic heterocycles. The molecule has 0 N–H and O–H groups in total. The van der Waals surface area contributed by atoms with Crippen molar-refractivity contribution in [3.05, 3.63) is 75.4 Å². The standard InChI is InChI=1S/C22H20Cl2N4/c23-18-5-4-16(9-19(18)24)20-6-1-14(10-25-20)12-28-8-7-21-17(13-28)11-26-22(27-21)15-2-3-15/h1,4-6,9-11,15H,2-3,7-8,12-13H2. The molecular formula is C22H20Cl2N4. The van der Waals surface area contributed by atoms with Crippen LogP contribution in [0.3, 0.4) is 0 Å². The molecule has 1 aliphatic carbocycles. The zero-order valence-corrected chi connectivity index (χ0v) is 16.9. The summed E-state index contributed by atoms with van der Waals surface area (Å²) in [7, 11) is 0. The third-order valence-corrected chi connectivity index (χ3v) is 6.16. The number of aromatic nitrogens is 3. The largest absolute Gasteiger partial charge is 0.294 e. The lowest BCUT2D eigenvalue weighted by atomic mass is 10.1. The smallest absolute Gasteiger partial charge is 0.131 e. The zero-order chi connectivity index (χ0) is 19.1. The summed E-state index contributed by atoms with van der Waals surface area (Å²) in [6, 6.07) is 9.76. The normalized spacial score (nSPS) is 16.8. The minimum atomic E-state index is 0.545. The second-order valence-electron chi connectivity index (χ2n) is 7.62. The average Bonchev–Trinajstić information content (AvgIpc) is 3.56. The van der Waals surface area contributed by atoms with Crippen LogP contribution in [-0.2, 0) is 19.5 Å². The summed E-state index contributed by atoms with van der Waals surface area (Å²) in [5, 5.41) is 1.10. The highest BCUT2D eigenvalue weighted by Crippen LogP contribution is 2.38. The third-order valence-electron chi connectivity index (χ3n) is 5.42. The van der Waals surface area contributed by atoms with Crippen molar-refractivity contribution in [2.75, 3.05) is 6.54 Å². The van der Waals surface area contributed by atoms with Crippen LogP contribution in [0.2, 0.25) is 10.0 Å². The predicted octanol–water partition coefficient (Wildman–Crippen LogP) is 5.28. The van der Waals surface area contributed by atoms with Gasteiger partial charge in [-0.1, -0.05) is 35.3 Å². The number of halogens is 2. The molecule has 0 amide bonds. The Labute approximate surface area is 174 Å². The molecule has 0 bridgehead atoms. The van der Waals surface area contributed by atoms with Gasteiger partial charge < -0.3 is 0 Å².